The fourth-order valence-electron chi connectivity index (χ4n) is 1.93. The average molecular weight is 353 g/mol. The lowest BCUT2D eigenvalue weighted by Gasteiger charge is -2.10. The molecule has 0 unspecified atom stereocenters. The Labute approximate surface area is 128 Å². The van der Waals surface area contributed by atoms with Crippen LogP contribution in [0.25, 0.3) is 0 Å². The van der Waals surface area contributed by atoms with Gasteiger partial charge in [0.2, 0.25) is 6.79 Å². The summed E-state index contributed by atoms with van der Waals surface area (Å²) < 4.78 is 24.7. The molecule has 0 saturated heterocycles. The van der Waals surface area contributed by atoms with E-state index in [1.165, 1.54) is 12.1 Å². The Morgan fingerprint density at radius 2 is 1.95 bits per heavy atom. The highest BCUT2D eigenvalue weighted by molar-refractivity contribution is 9.10. The molecule has 0 aliphatic carbocycles. The van der Waals surface area contributed by atoms with E-state index in [0.717, 1.165) is 0 Å². The van der Waals surface area contributed by atoms with Crippen molar-refractivity contribution in [1.29, 1.82) is 0 Å². The Hall–Kier alpha value is -2.28. The van der Waals surface area contributed by atoms with Crippen LogP contribution in [0.2, 0.25) is 0 Å². The number of carbonyl (C=O) groups excluding carboxylic acids is 1. The molecule has 1 aliphatic heterocycles. The van der Waals surface area contributed by atoms with Crippen LogP contribution in [-0.2, 0) is 0 Å². The summed E-state index contributed by atoms with van der Waals surface area (Å²) in [6.45, 7) is 0.105. The van der Waals surface area contributed by atoms with Crippen LogP contribution in [-0.4, -0.2) is 12.7 Å². The van der Waals surface area contributed by atoms with Gasteiger partial charge in [-0.3, -0.25) is 4.79 Å². The summed E-state index contributed by atoms with van der Waals surface area (Å²) >= 11 is 3.14. The summed E-state index contributed by atoms with van der Waals surface area (Å²) in [5.41, 5.74) is 6.41. The molecule has 1 aliphatic rings. The molecular formula is C14H10BrFN2O3. The highest BCUT2D eigenvalue weighted by atomic mass is 79.9. The highest BCUT2D eigenvalue weighted by Gasteiger charge is 2.19. The molecule has 0 radical (unpaired) electrons. The van der Waals surface area contributed by atoms with Crippen molar-refractivity contribution in [2.75, 3.05) is 17.8 Å². The fourth-order valence-corrected chi connectivity index (χ4v) is 2.26. The fraction of sp³-hybridized carbons (Fsp3) is 0.0714. The van der Waals surface area contributed by atoms with Gasteiger partial charge in [0.25, 0.3) is 5.91 Å². The third-order valence-corrected chi connectivity index (χ3v) is 3.46. The lowest BCUT2D eigenvalue weighted by atomic mass is 10.2. The molecule has 2 aromatic carbocycles. The van der Waals surface area contributed by atoms with Crippen molar-refractivity contribution in [3.05, 3.63) is 46.2 Å². The first-order valence-electron chi connectivity index (χ1n) is 6.00. The molecule has 0 aromatic heterocycles. The van der Waals surface area contributed by atoms with Crippen molar-refractivity contribution in [2.45, 2.75) is 0 Å². The van der Waals surface area contributed by atoms with Crippen LogP contribution in [0.15, 0.2) is 34.8 Å². The lowest BCUT2D eigenvalue weighted by molar-refractivity contribution is 0.102. The van der Waals surface area contributed by atoms with Gasteiger partial charge in [0.15, 0.2) is 11.5 Å². The number of fused-ring (bicyclic) bond motifs is 1. The van der Waals surface area contributed by atoms with Crippen LogP contribution in [0.4, 0.5) is 15.8 Å². The summed E-state index contributed by atoms with van der Waals surface area (Å²) in [5.74, 6) is -0.220. The number of nitrogen functional groups attached to an aromatic ring is 1. The number of nitrogens with two attached hydrogens (primary N) is 1. The molecular weight excluding hydrogens is 343 g/mol. The van der Waals surface area contributed by atoms with Gasteiger partial charge in [-0.1, -0.05) is 15.9 Å². The van der Waals surface area contributed by atoms with E-state index in [1.807, 2.05) is 0 Å². The van der Waals surface area contributed by atoms with Crippen LogP contribution in [0.5, 0.6) is 11.5 Å². The molecule has 21 heavy (non-hydrogen) atoms. The summed E-state index contributed by atoms with van der Waals surface area (Å²) in [5, 5.41) is 2.56. The van der Waals surface area contributed by atoms with E-state index in [2.05, 4.69) is 21.2 Å². The Kier molecular flexibility index (Phi) is 3.42. The number of benzene rings is 2. The van der Waals surface area contributed by atoms with Crippen LogP contribution in [0, 0.1) is 5.82 Å². The highest BCUT2D eigenvalue weighted by Crippen LogP contribution is 2.38. The summed E-state index contributed by atoms with van der Waals surface area (Å²) in [7, 11) is 0. The van der Waals surface area contributed by atoms with Crippen LogP contribution < -0.4 is 20.5 Å². The zero-order chi connectivity index (χ0) is 15.0. The van der Waals surface area contributed by atoms with Gasteiger partial charge in [-0.2, -0.15) is 0 Å². The molecule has 0 bridgehead atoms. The van der Waals surface area contributed by atoms with E-state index in [9.17, 15) is 9.18 Å². The standard InChI is InChI=1S/C14H10BrFN2O3/c15-7-1-2-8(9(16)3-7)14(19)18-11-5-13-12(4-10(11)17)20-6-21-13/h1-5H,6,17H2,(H,18,19). The predicted octanol–water partition coefficient (Wildman–Crippen LogP) is 3.15. The van der Waals surface area contributed by atoms with Gasteiger partial charge in [0.05, 0.1) is 16.9 Å². The second-order valence-corrected chi connectivity index (χ2v) is 5.29. The minimum atomic E-state index is -0.624. The van der Waals surface area contributed by atoms with Crippen molar-refractivity contribution in [3.8, 4) is 11.5 Å². The number of hydrogen-bond donors (Lipinski definition) is 2. The molecule has 1 heterocycles. The third-order valence-electron chi connectivity index (χ3n) is 2.97. The van der Waals surface area contributed by atoms with E-state index < -0.39 is 11.7 Å². The molecule has 0 saturated carbocycles. The number of carbonyl (C=O) groups is 1. The molecule has 5 nitrogen and oxygen atoms in total. The van der Waals surface area contributed by atoms with E-state index in [0.29, 0.717) is 27.3 Å². The zero-order valence-electron chi connectivity index (χ0n) is 10.7. The van der Waals surface area contributed by atoms with Crippen molar-refractivity contribution in [3.63, 3.8) is 0 Å². The van der Waals surface area contributed by atoms with Crippen molar-refractivity contribution in [2.24, 2.45) is 0 Å². The first-order valence-corrected chi connectivity index (χ1v) is 6.79. The minimum Gasteiger partial charge on any atom is -0.454 e. The van der Waals surface area contributed by atoms with Crippen molar-refractivity contribution >= 4 is 33.2 Å². The maximum atomic E-state index is 13.8. The van der Waals surface area contributed by atoms with Crippen LogP contribution in [0.1, 0.15) is 10.4 Å². The van der Waals surface area contributed by atoms with E-state index in [4.69, 9.17) is 15.2 Å². The summed E-state index contributed by atoms with van der Waals surface area (Å²) in [6.07, 6.45) is 0. The Balaban J connectivity index is 1.88. The number of nitrogens with one attached hydrogen (secondary N) is 1. The van der Waals surface area contributed by atoms with Gasteiger partial charge in [-0.05, 0) is 18.2 Å². The summed E-state index contributed by atoms with van der Waals surface area (Å²) in [6, 6.07) is 7.29. The second-order valence-electron chi connectivity index (χ2n) is 4.37. The van der Waals surface area contributed by atoms with Gasteiger partial charge in [0.1, 0.15) is 5.82 Å². The number of amides is 1. The molecule has 3 rings (SSSR count). The van der Waals surface area contributed by atoms with Gasteiger partial charge in [-0.25, -0.2) is 4.39 Å². The van der Waals surface area contributed by atoms with Crippen LogP contribution >= 0.6 is 15.9 Å². The summed E-state index contributed by atoms with van der Waals surface area (Å²) in [4.78, 5) is 12.1. The molecule has 0 spiro atoms. The molecule has 0 atom stereocenters. The largest absolute Gasteiger partial charge is 0.454 e. The normalized spacial score (nSPS) is 12.3. The topological polar surface area (TPSA) is 73.6 Å². The van der Waals surface area contributed by atoms with Gasteiger partial charge >= 0.3 is 0 Å². The van der Waals surface area contributed by atoms with Gasteiger partial charge in [0, 0.05) is 16.6 Å². The zero-order valence-corrected chi connectivity index (χ0v) is 12.2. The number of anilines is 2. The predicted molar refractivity (Wildman–Crippen MR) is 79.0 cm³/mol. The second kappa shape index (κ2) is 5.25. The Morgan fingerprint density at radius 3 is 2.67 bits per heavy atom. The first kappa shape index (κ1) is 13.7. The average Bonchev–Trinajstić information content (AvgIpc) is 2.86. The maximum absolute atomic E-state index is 13.8. The quantitative estimate of drug-likeness (QED) is 0.814. The van der Waals surface area contributed by atoms with E-state index >= 15 is 0 Å². The molecule has 7 heteroatoms. The van der Waals surface area contributed by atoms with Gasteiger partial charge < -0.3 is 20.5 Å². The number of rotatable bonds is 2. The number of hydrogen-bond acceptors (Lipinski definition) is 4. The van der Waals surface area contributed by atoms with E-state index in [1.54, 1.807) is 18.2 Å². The monoisotopic (exact) mass is 352 g/mol. The molecule has 108 valence electrons. The molecule has 2 aromatic rings. The van der Waals surface area contributed by atoms with Crippen LogP contribution in [0.3, 0.4) is 0 Å². The molecule has 0 fully saturated rings. The Bertz CT molecular complexity index is 736. The van der Waals surface area contributed by atoms with Gasteiger partial charge in [-0.15, -0.1) is 0 Å². The number of halogens is 2. The SMILES string of the molecule is Nc1cc2c(cc1NC(=O)c1ccc(Br)cc1F)OCO2. The Morgan fingerprint density at radius 1 is 1.24 bits per heavy atom. The van der Waals surface area contributed by atoms with Crippen molar-refractivity contribution < 1.29 is 18.7 Å². The molecule has 1 amide bonds. The number of ether oxygens (including phenoxy) is 2. The van der Waals surface area contributed by atoms with Crippen molar-refractivity contribution in [1.82, 2.24) is 0 Å². The first-order chi connectivity index (χ1) is 10.0. The van der Waals surface area contributed by atoms with E-state index in [-0.39, 0.29) is 12.4 Å². The molecule has 3 N–H and O–H groups in total. The smallest absolute Gasteiger partial charge is 0.258 e. The minimum absolute atomic E-state index is 0.0738. The third kappa shape index (κ3) is 2.64. The maximum Gasteiger partial charge on any atom is 0.258 e. The lowest BCUT2D eigenvalue weighted by Crippen LogP contribution is -2.14.